The first-order chi connectivity index (χ1) is 11.1. The number of thioether (sulfide) groups is 1. The molecular weight excluding hydrogens is 317 g/mol. The predicted octanol–water partition coefficient (Wildman–Crippen LogP) is 3.69. The van der Waals surface area contributed by atoms with E-state index >= 15 is 0 Å². The second-order valence-corrected chi connectivity index (χ2v) is 5.65. The number of aromatic nitrogens is 2. The molecule has 0 aliphatic heterocycles. The molecule has 0 aliphatic carbocycles. The highest BCUT2D eigenvalue weighted by Crippen LogP contribution is 2.27. The van der Waals surface area contributed by atoms with Gasteiger partial charge in [0.2, 0.25) is 5.95 Å². The summed E-state index contributed by atoms with van der Waals surface area (Å²) in [6.07, 6.45) is 0. The number of benzene rings is 2. The standard InChI is InChI=1S/C16H12FN3O2S/c17-10-5-7-11(8-6-10)18-16-19-13-4-2-1-3-12(13)15(20-16)23-9-14(21)22/h1-8H,9H2,(H,21,22)(H,18,19,20). The maximum absolute atomic E-state index is 13.0. The van der Waals surface area contributed by atoms with Crippen molar-refractivity contribution < 1.29 is 14.3 Å². The summed E-state index contributed by atoms with van der Waals surface area (Å²) < 4.78 is 13.0. The summed E-state index contributed by atoms with van der Waals surface area (Å²) in [5, 5.41) is 13.2. The van der Waals surface area contributed by atoms with Gasteiger partial charge in [0.25, 0.3) is 0 Å². The highest BCUT2D eigenvalue weighted by molar-refractivity contribution is 8.00. The fourth-order valence-electron chi connectivity index (χ4n) is 2.01. The minimum absolute atomic E-state index is 0.0863. The first-order valence-electron chi connectivity index (χ1n) is 6.76. The molecule has 7 heteroatoms. The molecule has 1 heterocycles. The molecule has 0 bridgehead atoms. The van der Waals surface area contributed by atoms with Gasteiger partial charge in [-0.2, -0.15) is 0 Å². The normalized spacial score (nSPS) is 10.7. The zero-order valence-electron chi connectivity index (χ0n) is 11.9. The Balaban J connectivity index is 1.96. The van der Waals surface area contributed by atoms with E-state index in [0.717, 1.165) is 17.1 Å². The SMILES string of the molecule is O=C(O)CSc1nc(Nc2ccc(F)cc2)nc2ccccc12. The number of hydrogen-bond acceptors (Lipinski definition) is 5. The molecule has 2 aromatic carbocycles. The van der Waals surface area contributed by atoms with Crippen LogP contribution in [0.1, 0.15) is 0 Å². The molecule has 3 rings (SSSR count). The Morgan fingerprint density at radius 2 is 1.87 bits per heavy atom. The molecule has 0 saturated heterocycles. The fourth-order valence-corrected chi connectivity index (χ4v) is 2.75. The van der Waals surface area contributed by atoms with Crippen molar-refractivity contribution in [2.24, 2.45) is 0 Å². The topological polar surface area (TPSA) is 75.1 Å². The van der Waals surface area contributed by atoms with Crippen LogP contribution in [0.3, 0.4) is 0 Å². The number of rotatable bonds is 5. The second-order valence-electron chi connectivity index (χ2n) is 4.68. The molecule has 2 N–H and O–H groups in total. The lowest BCUT2D eigenvalue weighted by molar-refractivity contribution is -0.133. The smallest absolute Gasteiger partial charge is 0.313 e. The van der Waals surface area contributed by atoms with Crippen molar-refractivity contribution in [3.05, 3.63) is 54.3 Å². The Morgan fingerprint density at radius 1 is 1.13 bits per heavy atom. The molecular formula is C16H12FN3O2S. The monoisotopic (exact) mass is 329 g/mol. The van der Waals surface area contributed by atoms with Gasteiger partial charge in [0.1, 0.15) is 10.8 Å². The highest BCUT2D eigenvalue weighted by Gasteiger charge is 2.10. The average Bonchev–Trinajstić information content (AvgIpc) is 2.54. The Kier molecular flexibility index (Phi) is 4.38. The largest absolute Gasteiger partial charge is 0.481 e. The lowest BCUT2D eigenvalue weighted by Gasteiger charge is -2.09. The van der Waals surface area contributed by atoms with Crippen LogP contribution in [0.4, 0.5) is 16.0 Å². The predicted molar refractivity (Wildman–Crippen MR) is 87.6 cm³/mol. The molecule has 1 aromatic heterocycles. The summed E-state index contributed by atoms with van der Waals surface area (Å²) in [4.78, 5) is 19.6. The number of carboxylic acids is 1. The van der Waals surface area contributed by atoms with Crippen LogP contribution in [-0.2, 0) is 4.79 Å². The molecule has 0 saturated carbocycles. The van der Waals surface area contributed by atoms with E-state index < -0.39 is 5.97 Å². The van der Waals surface area contributed by atoms with Gasteiger partial charge in [0, 0.05) is 11.1 Å². The maximum Gasteiger partial charge on any atom is 0.313 e. The van der Waals surface area contributed by atoms with Crippen LogP contribution in [0.5, 0.6) is 0 Å². The number of carbonyl (C=O) groups is 1. The van der Waals surface area contributed by atoms with Crippen molar-refractivity contribution in [1.82, 2.24) is 9.97 Å². The van der Waals surface area contributed by atoms with E-state index in [9.17, 15) is 9.18 Å². The van der Waals surface area contributed by atoms with Gasteiger partial charge < -0.3 is 10.4 Å². The third-order valence-electron chi connectivity index (χ3n) is 3.00. The molecule has 0 fully saturated rings. The van der Waals surface area contributed by atoms with Crippen LogP contribution >= 0.6 is 11.8 Å². The van der Waals surface area contributed by atoms with Crippen molar-refractivity contribution >= 4 is 40.3 Å². The van der Waals surface area contributed by atoms with E-state index in [1.165, 1.54) is 12.1 Å². The van der Waals surface area contributed by atoms with E-state index in [0.29, 0.717) is 22.2 Å². The first-order valence-corrected chi connectivity index (χ1v) is 7.74. The summed E-state index contributed by atoms with van der Waals surface area (Å²) in [5.74, 6) is -0.988. The van der Waals surface area contributed by atoms with Gasteiger partial charge in [0.15, 0.2) is 0 Å². The molecule has 116 valence electrons. The molecule has 3 aromatic rings. The minimum Gasteiger partial charge on any atom is -0.481 e. The lowest BCUT2D eigenvalue weighted by atomic mass is 10.2. The van der Waals surface area contributed by atoms with Crippen LogP contribution in [0.15, 0.2) is 53.6 Å². The molecule has 5 nitrogen and oxygen atoms in total. The number of halogens is 1. The lowest BCUT2D eigenvalue weighted by Crippen LogP contribution is -2.02. The van der Waals surface area contributed by atoms with Crippen LogP contribution in [0.2, 0.25) is 0 Å². The van der Waals surface area contributed by atoms with Gasteiger partial charge in [-0.15, -0.1) is 0 Å². The van der Waals surface area contributed by atoms with Crippen LogP contribution in [-0.4, -0.2) is 26.8 Å². The fraction of sp³-hybridized carbons (Fsp3) is 0.0625. The Bertz CT molecular complexity index is 856. The Hall–Kier alpha value is -2.67. The van der Waals surface area contributed by atoms with Gasteiger partial charge in [-0.3, -0.25) is 4.79 Å². The molecule has 0 spiro atoms. The van der Waals surface area contributed by atoms with E-state index in [4.69, 9.17) is 5.11 Å². The zero-order chi connectivity index (χ0) is 16.2. The van der Waals surface area contributed by atoms with Crippen molar-refractivity contribution in [3.63, 3.8) is 0 Å². The summed E-state index contributed by atoms with van der Waals surface area (Å²) in [5.41, 5.74) is 1.36. The number of aliphatic carboxylic acids is 1. The number of fused-ring (bicyclic) bond motifs is 1. The summed E-state index contributed by atoms with van der Waals surface area (Å²) in [6, 6.07) is 13.2. The number of anilines is 2. The number of nitrogens with zero attached hydrogens (tertiary/aromatic N) is 2. The van der Waals surface area contributed by atoms with Gasteiger partial charge in [-0.05, 0) is 30.3 Å². The van der Waals surface area contributed by atoms with E-state index in [-0.39, 0.29) is 11.6 Å². The van der Waals surface area contributed by atoms with Gasteiger partial charge in [-0.25, -0.2) is 14.4 Å². The molecule has 0 aliphatic rings. The first kappa shape index (κ1) is 15.2. The van der Waals surface area contributed by atoms with Gasteiger partial charge >= 0.3 is 5.97 Å². The van der Waals surface area contributed by atoms with Crippen LogP contribution in [0, 0.1) is 5.82 Å². The Morgan fingerprint density at radius 3 is 2.61 bits per heavy atom. The zero-order valence-corrected chi connectivity index (χ0v) is 12.7. The number of carboxylic acid groups (broad SMARTS) is 1. The molecule has 23 heavy (non-hydrogen) atoms. The third-order valence-corrected chi connectivity index (χ3v) is 3.98. The number of para-hydroxylation sites is 1. The van der Waals surface area contributed by atoms with Gasteiger partial charge in [-0.1, -0.05) is 30.0 Å². The molecule has 0 unspecified atom stereocenters. The van der Waals surface area contributed by atoms with Gasteiger partial charge in [0.05, 0.1) is 11.3 Å². The molecule has 0 amide bonds. The summed E-state index contributed by atoms with van der Waals surface area (Å²) >= 11 is 1.13. The van der Waals surface area contributed by atoms with Crippen LogP contribution < -0.4 is 5.32 Å². The van der Waals surface area contributed by atoms with Crippen molar-refractivity contribution in [3.8, 4) is 0 Å². The minimum atomic E-state index is -0.911. The highest BCUT2D eigenvalue weighted by atomic mass is 32.2. The number of hydrogen-bond donors (Lipinski definition) is 2. The number of nitrogens with one attached hydrogen (secondary N) is 1. The van der Waals surface area contributed by atoms with E-state index in [1.807, 2.05) is 24.3 Å². The van der Waals surface area contributed by atoms with Crippen LogP contribution in [0.25, 0.3) is 10.9 Å². The third kappa shape index (κ3) is 3.75. The van der Waals surface area contributed by atoms with E-state index in [2.05, 4.69) is 15.3 Å². The van der Waals surface area contributed by atoms with Crippen molar-refractivity contribution in [1.29, 1.82) is 0 Å². The Labute approximate surface area is 135 Å². The summed E-state index contributed by atoms with van der Waals surface area (Å²) in [6.45, 7) is 0. The quantitative estimate of drug-likeness (QED) is 0.549. The van der Waals surface area contributed by atoms with Crippen molar-refractivity contribution in [2.75, 3.05) is 11.1 Å². The summed E-state index contributed by atoms with van der Waals surface area (Å²) in [7, 11) is 0. The maximum atomic E-state index is 13.0. The van der Waals surface area contributed by atoms with Crippen molar-refractivity contribution in [2.45, 2.75) is 5.03 Å². The molecule has 0 radical (unpaired) electrons. The van der Waals surface area contributed by atoms with E-state index in [1.54, 1.807) is 12.1 Å². The molecule has 0 atom stereocenters. The average molecular weight is 329 g/mol. The second kappa shape index (κ2) is 6.62.